The van der Waals surface area contributed by atoms with E-state index in [9.17, 15) is 4.79 Å². The second-order valence-corrected chi connectivity index (χ2v) is 8.65. The summed E-state index contributed by atoms with van der Waals surface area (Å²) in [5.41, 5.74) is 4.13. The van der Waals surface area contributed by atoms with Gasteiger partial charge < -0.3 is 4.74 Å². The molecule has 0 atom stereocenters. The number of hydrogen-bond donors (Lipinski definition) is 0. The number of carbonyl (C=O) groups is 1. The highest BCUT2D eigenvalue weighted by Gasteiger charge is 2.32. The van der Waals surface area contributed by atoms with Crippen LogP contribution in [0.25, 0.3) is 6.08 Å². The third kappa shape index (κ3) is 5.48. The van der Waals surface area contributed by atoms with Crippen molar-refractivity contribution in [3.63, 3.8) is 0 Å². The number of amidine groups is 1. The Morgan fingerprint density at radius 3 is 2.38 bits per heavy atom. The van der Waals surface area contributed by atoms with Gasteiger partial charge in [0.05, 0.1) is 10.6 Å². The van der Waals surface area contributed by atoms with Gasteiger partial charge in [0.2, 0.25) is 0 Å². The van der Waals surface area contributed by atoms with Crippen LogP contribution in [0.2, 0.25) is 0 Å². The maximum atomic E-state index is 13.0. The third-order valence-corrected chi connectivity index (χ3v) is 6.03. The molecule has 0 bridgehead atoms. The third-order valence-electron chi connectivity index (χ3n) is 5.02. The molecular formula is C27H26N2O2S. The lowest BCUT2D eigenvalue weighted by Gasteiger charge is -2.13. The predicted octanol–water partition coefficient (Wildman–Crippen LogP) is 6.59. The van der Waals surface area contributed by atoms with E-state index >= 15 is 0 Å². The summed E-state index contributed by atoms with van der Waals surface area (Å²) in [6.07, 6.45) is 2.80. The Hall–Kier alpha value is -3.31. The molecule has 1 saturated heterocycles. The maximum absolute atomic E-state index is 13.0. The van der Waals surface area contributed by atoms with Gasteiger partial charge in [0.15, 0.2) is 5.17 Å². The van der Waals surface area contributed by atoms with Crippen molar-refractivity contribution in [3.05, 3.63) is 100 Å². The minimum Gasteiger partial charge on any atom is -0.489 e. The fraction of sp³-hybridized carbons (Fsp3) is 0.185. The summed E-state index contributed by atoms with van der Waals surface area (Å²) in [7, 11) is 0. The number of nitrogens with zero attached hydrogens (tertiary/aromatic N) is 2. The van der Waals surface area contributed by atoms with E-state index < -0.39 is 0 Å². The van der Waals surface area contributed by atoms with Gasteiger partial charge in [-0.3, -0.25) is 9.69 Å². The molecule has 162 valence electrons. The first kappa shape index (κ1) is 21.9. The monoisotopic (exact) mass is 442 g/mol. The lowest BCUT2D eigenvalue weighted by atomic mass is 10.2. The van der Waals surface area contributed by atoms with Crippen LogP contribution >= 0.6 is 11.8 Å². The Kier molecular flexibility index (Phi) is 7.07. The van der Waals surface area contributed by atoms with E-state index in [2.05, 4.69) is 6.92 Å². The van der Waals surface area contributed by atoms with Gasteiger partial charge >= 0.3 is 0 Å². The minimum atomic E-state index is 0.00659. The molecule has 3 aromatic rings. The Bertz CT molecular complexity index is 1120. The molecule has 3 aromatic carbocycles. The minimum absolute atomic E-state index is 0.00659. The molecule has 1 amide bonds. The van der Waals surface area contributed by atoms with Gasteiger partial charge in [-0.2, -0.15) is 0 Å². The van der Waals surface area contributed by atoms with Crippen LogP contribution in [0.15, 0.2) is 88.8 Å². The topological polar surface area (TPSA) is 41.9 Å². The normalized spacial score (nSPS) is 16.2. The van der Waals surface area contributed by atoms with Crippen LogP contribution in [-0.2, 0) is 11.4 Å². The van der Waals surface area contributed by atoms with Crippen LogP contribution in [0, 0.1) is 6.92 Å². The Morgan fingerprint density at radius 2 is 1.69 bits per heavy atom. The lowest BCUT2D eigenvalue weighted by Crippen LogP contribution is -2.29. The molecule has 4 rings (SSSR count). The number of carbonyl (C=O) groups excluding carboxylic acids is 1. The number of amides is 1. The summed E-state index contributed by atoms with van der Waals surface area (Å²) in [6.45, 7) is 5.30. The molecule has 0 aliphatic carbocycles. The van der Waals surface area contributed by atoms with Gasteiger partial charge in [0, 0.05) is 6.54 Å². The fourth-order valence-electron chi connectivity index (χ4n) is 3.29. The van der Waals surface area contributed by atoms with Crippen molar-refractivity contribution in [3.8, 4) is 5.75 Å². The summed E-state index contributed by atoms with van der Waals surface area (Å²) >= 11 is 1.43. The molecule has 4 nitrogen and oxygen atoms in total. The van der Waals surface area contributed by atoms with E-state index in [0.717, 1.165) is 34.2 Å². The number of aliphatic imine (C=N–C) groups is 1. The van der Waals surface area contributed by atoms with Crippen molar-refractivity contribution in [2.24, 2.45) is 4.99 Å². The molecular weight excluding hydrogens is 416 g/mol. The van der Waals surface area contributed by atoms with Crippen molar-refractivity contribution in [1.29, 1.82) is 0 Å². The van der Waals surface area contributed by atoms with Crippen molar-refractivity contribution in [2.45, 2.75) is 26.9 Å². The summed E-state index contributed by atoms with van der Waals surface area (Å²) in [4.78, 5) is 20.2. The van der Waals surface area contributed by atoms with E-state index in [1.54, 1.807) is 4.90 Å². The first-order chi connectivity index (χ1) is 15.6. The van der Waals surface area contributed by atoms with E-state index in [1.165, 1.54) is 17.3 Å². The molecule has 1 aliphatic rings. The molecule has 0 spiro atoms. The number of ether oxygens (including phenoxy) is 1. The smallest absolute Gasteiger partial charge is 0.266 e. The molecule has 0 unspecified atom stereocenters. The maximum Gasteiger partial charge on any atom is 0.266 e. The zero-order valence-corrected chi connectivity index (χ0v) is 19.1. The number of aryl methyl sites for hydroxylation is 1. The number of thioether (sulfide) groups is 1. The lowest BCUT2D eigenvalue weighted by molar-refractivity contribution is -0.122. The highest BCUT2D eigenvalue weighted by molar-refractivity contribution is 8.18. The molecule has 0 radical (unpaired) electrons. The summed E-state index contributed by atoms with van der Waals surface area (Å²) in [6, 6.07) is 25.9. The van der Waals surface area contributed by atoms with E-state index in [1.807, 2.05) is 91.9 Å². The van der Waals surface area contributed by atoms with Gasteiger partial charge in [-0.1, -0.05) is 67.1 Å². The molecule has 1 heterocycles. The van der Waals surface area contributed by atoms with E-state index in [4.69, 9.17) is 9.73 Å². The van der Waals surface area contributed by atoms with Crippen molar-refractivity contribution < 1.29 is 9.53 Å². The van der Waals surface area contributed by atoms with E-state index in [-0.39, 0.29) is 5.91 Å². The quantitative estimate of drug-likeness (QED) is 0.388. The van der Waals surface area contributed by atoms with Gasteiger partial charge in [0.1, 0.15) is 12.4 Å². The van der Waals surface area contributed by atoms with Crippen LogP contribution in [-0.4, -0.2) is 22.5 Å². The van der Waals surface area contributed by atoms with Crippen LogP contribution in [0.4, 0.5) is 5.69 Å². The van der Waals surface area contributed by atoms with Crippen molar-refractivity contribution in [2.75, 3.05) is 6.54 Å². The molecule has 32 heavy (non-hydrogen) atoms. The van der Waals surface area contributed by atoms with Gasteiger partial charge in [-0.25, -0.2) is 4.99 Å². The Labute approximate surface area is 193 Å². The predicted molar refractivity (Wildman–Crippen MR) is 133 cm³/mol. The molecule has 0 N–H and O–H groups in total. The van der Waals surface area contributed by atoms with Crippen molar-refractivity contribution >= 4 is 34.6 Å². The average Bonchev–Trinajstić information content (AvgIpc) is 3.10. The second-order valence-electron chi connectivity index (χ2n) is 7.64. The van der Waals surface area contributed by atoms with Gasteiger partial charge in [-0.05, 0) is 66.6 Å². The molecule has 1 aliphatic heterocycles. The van der Waals surface area contributed by atoms with Crippen LogP contribution < -0.4 is 4.74 Å². The highest BCUT2D eigenvalue weighted by atomic mass is 32.2. The largest absolute Gasteiger partial charge is 0.489 e. The summed E-state index contributed by atoms with van der Waals surface area (Å²) < 4.78 is 5.86. The molecule has 5 heteroatoms. The number of rotatable bonds is 7. The van der Waals surface area contributed by atoms with Gasteiger partial charge in [0.25, 0.3) is 5.91 Å². The first-order valence-corrected chi connectivity index (χ1v) is 11.6. The van der Waals surface area contributed by atoms with E-state index in [0.29, 0.717) is 18.1 Å². The number of hydrogen-bond acceptors (Lipinski definition) is 4. The summed E-state index contributed by atoms with van der Waals surface area (Å²) in [5, 5.41) is 0.731. The van der Waals surface area contributed by atoms with Crippen LogP contribution in [0.5, 0.6) is 5.75 Å². The Morgan fingerprint density at radius 1 is 0.969 bits per heavy atom. The highest BCUT2D eigenvalue weighted by Crippen LogP contribution is 2.34. The Balaban J connectivity index is 1.49. The van der Waals surface area contributed by atoms with Crippen LogP contribution in [0.3, 0.4) is 0 Å². The van der Waals surface area contributed by atoms with Crippen LogP contribution in [0.1, 0.15) is 30.0 Å². The SMILES string of the molecule is CCCN1C(=O)/C(=C\c2ccc(OCc3ccccc3)cc2)SC1=Nc1ccc(C)cc1. The number of benzene rings is 3. The fourth-order valence-corrected chi connectivity index (χ4v) is 4.32. The molecule has 0 saturated carbocycles. The molecule has 0 aromatic heterocycles. The first-order valence-electron chi connectivity index (χ1n) is 10.8. The molecule has 1 fully saturated rings. The standard InChI is InChI=1S/C27H26N2O2S/c1-3-17-29-26(30)25(32-27(29)28-23-13-9-20(2)10-14-23)18-21-11-15-24(16-12-21)31-19-22-7-5-4-6-8-22/h4-16,18H,3,17,19H2,1-2H3/b25-18+,28-27?. The summed E-state index contributed by atoms with van der Waals surface area (Å²) in [5.74, 6) is 0.808. The van der Waals surface area contributed by atoms with Gasteiger partial charge in [-0.15, -0.1) is 0 Å². The zero-order valence-electron chi connectivity index (χ0n) is 18.3. The zero-order chi connectivity index (χ0) is 22.3. The average molecular weight is 443 g/mol. The second kappa shape index (κ2) is 10.3. The van der Waals surface area contributed by atoms with Crippen molar-refractivity contribution in [1.82, 2.24) is 4.90 Å².